The molecule has 1 aromatic carbocycles. The summed E-state index contributed by atoms with van der Waals surface area (Å²) in [7, 11) is 1.59. The number of carbonyl (C=O) groups is 1. The zero-order valence-electron chi connectivity index (χ0n) is 14.6. The summed E-state index contributed by atoms with van der Waals surface area (Å²) in [5.41, 5.74) is -0.417. The van der Waals surface area contributed by atoms with E-state index in [0.29, 0.717) is 17.6 Å². The summed E-state index contributed by atoms with van der Waals surface area (Å²) >= 11 is 0. The largest absolute Gasteiger partial charge is 0.410 e. The highest BCUT2D eigenvalue weighted by Crippen LogP contribution is 2.18. The molecule has 1 heterocycles. The van der Waals surface area contributed by atoms with Crippen LogP contribution in [0.4, 0.5) is 8.78 Å². The van der Waals surface area contributed by atoms with Crippen LogP contribution in [0.2, 0.25) is 0 Å². The lowest BCUT2D eigenvalue weighted by Gasteiger charge is -2.26. The van der Waals surface area contributed by atoms with E-state index >= 15 is 0 Å². The highest BCUT2D eigenvalue weighted by Gasteiger charge is 2.27. The second-order valence-corrected chi connectivity index (χ2v) is 5.76. The van der Waals surface area contributed by atoms with Gasteiger partial charge < -0.3 is 5.21 Å². The van der Waals surface area contributed by atoms with E-state index in [1.54, 1.807) is 13.1 Å². The lowest BCUT2D eigenvalue weighted by atomic mass is 10.0. The number of rotatable bonds is 4. The van der Waals surface area contributed by atoms with Gasteiger partial charge in [-0.05, 0) is 24.3 Å². The molecule has 0 aromatic heterocycles. The standard InChI is InChI=1S/C18H18F2N4O2/c1-10(2)18(21-4)24-11(3)5-8-15(22-24)16(23-26)17(25)13-7-6-12(19)9-14(13)20/h5-10,26H,3H2,1-2,4H3/b21-18-,23-16-. The first-order valence-electron chi connectivity index (χ1n) is 7.74. The Balaban J connectivity index is 2.45. The number of benzene rings is 1. The molecule has 0 bridgehead atoms. The Hall–Kier alpha value is -3.16. The average Bonchev–Trinajstić information content (AvgIpc) is 2.58. The predicted octanol–water partition coefficient (Wildman–Crippen LogP) is 3.40. The molecule has 1 aromatic rings. The molecule has 0 saturated carbocycles. The number of hydrogen-bond donors (Lipinski definition) is 1. The summed E-state index contributed by atoms with van der Waals surface area (Å²) in [5, 5.41) is 17.9. The molecule has 0 amide bonds. The summed E-state index contributed by atoms with van der Waals surface area (Å²) in [6, 6.07) is 2.50. The van der Waals surface area contributed by atoms with Crippen molar-refractivity contribution in [2.75, 3.05) is 7.05 Å². The molecule has 136 valence electrons. The lowest BCUT2D eigenvalue weighted by molar-refractivity contribution is 0.106. The van der Waals surface area contributed by atoms with E-state index in [-0.39, 0.29) is 11.6 Å². The van der Waals surface area contributed by atoms with Crippen molar-refractivity contribution in [2.24, 2.45) is 21.2 Å². The minimum Gasteiger partial charge on any atom is -0.410 e. The van der Waals surface area contributed by atoms with Crippen molar-refractivity contribution in [3.8, 4) is 0 Å². The molecule has 26 heavy (non-hydrogen) atoms. The number of ketones is 1. The van der Waals surface area contributed by atoms with Crippen LogP contribution in [-0.2, 0) is 0 Å². The number of oxime groups is 1. The van der Waals surface area contributed by atoms with Crippen LogP contribution in [0.3, 0.4) is 0 Å². The van der Waals surface area contributed by atoms with Crippen molar-refractivity contribution in [1.29, 1.82) is 0 Å². The summed E-state index contributed by atoms with van der Waals surface area (Å²) < 4.78 is 26.9. The highest BCUT2D eigenvalue weighted by molar-refractivity contribution is 6.72. The first kappa shape index (κ1) is 19.2. The first-order valence-corrected chi connectivity index (χ1v) is 7.74. The maximum atomic E-state index is 13.9. The Bertz CT molecular complexity index is 870. The van der Waals surface area contributed by atoms with E-state index in [4.69, 9.17) is 0 Å². The normalized spacial score (nSPS) is 15.5. The van der Waals surface area contributed by atoms with Crippen LogP contribution < -0.4 is 0 Å². The van der Waals surface area contributed by atoms with Crippen LogP contribution in [0.1, 0.15) is 24.2 Å². The van der Waals surface area contributed by atoms with E-state index in [9.17, 15) is 18.8 Å². The minimum absolute atomic E-state index is 0.00424. The zero-order valence-corrected chi connectivity index (χ0v) is 14.6. The Kier molecular flexibility index (Phi) is 5.76. The molecular weight excluding hydrogens is 342 g/mol. The van der Waals surface area contributed by atoms with Gasteiger partial charge in [-0.2, -0.15) is 5.10 Å². The molecule has 8 heteroatoms. The quantitative estimate of drug-likeness (QED) is 0.294. The van der Waals surface area contributed by atoms with Crippen molar-refractivity contribution in [3.05, 3.63) is 59.8 Å². The fraction of sp³-hybridized carbons (Fsp3) is 0.222. The van der Waals surface area contributed by atoms with E-state index in [0.717, 1.165) is 12.1 Å². The Morgan fingerprint density at radius 3 is 2.54 bits per heavy atom. The van der Waals surface area contributed by atoms with Gasteiger partial charge in [0.25, 0.3) is 0 Å². The number of allylic oxidation sites excluding steroid dienone is 2. The first-order chi connectivity index (χ1) is 12.3. The van der Waals surface area contributed by atoms with Gasteiger partial charge in [0.15, 0.2) is 5.71 Å². The van der Waals surface area contributed by atoms with Crippen molar-refractivity contribution >= 4 is 23.0 Å². The van der Waals surface area contributed by atoms with Gasteiger partial charge in [0, 0.05) is 19.0 Å². The molecular formula is C18H18F2N4O2. The molecule has 1 aliphatic heterocycles. The summed E-state index contributed by atoms with van der Waals surface area (Å²) in [5.74, 6) is -2.22. The van der Waals surface area contributed by atoms with Gasteiger partial charge >= 0.3 is 0 Å². The van der Waals surface area contributed by atoms with Crippen molar-refractivity contribution in [3.63, 3.8) is 0 Å². The van der Waals surface area contributed by atoms with Gasteiger partial charge in [-0.15, -0.1) is 0 Å². The maximum absolute atomic E-state index is 13.9. The van der Waals surface area contributed by atoms with Crippen molar-refractivity contribution in [1.82, 2.24) is 5.01 Å². The average molecular weight is 360 g/mol. The number of nitrogens with zero attached hydrogens (tertiary/aromatic N) is 4. The number of halogens is 2. The van der Waals surface area contributed by atoms with Crippen LogP contribution in [0.15, 0.2) is 57.9 Å². The Morgan fingerprint density at radius 2 is 2.00 bits per heavy atom. The topological polar surface area (TPSA) is 77.6 Å². The molecule has 0 atom stereocenters. The molecule has 1 aliphatic rings. The molecule has 0 radical (unpaired) electrons. The molecule has 0 saturated heterocycles. The maximum Gasteiger partial charge on any atom is 0.220 e. The lowest BCUT2D eigenvalue weighted by Crippen LogP contribution is -2.35. The molecule has 6 nitrogen and oxygen atoms in total. The number of carbonyl (C=O) groups excluding carboxylic acids is 1. The van der Waals surface area contributed by atoms with Crippen LogP contribution >= 0.6 is 0 Å². The SMILES string of the molecule is C=C1C=CC(/C(=N/O)C(=O)c2ccc(F)cc2F)=NN1/C(=N\C)C(C)C. The van der Waals surface area contributed by atoms with Gasteiger partial charge in [-0.1, -0.05) is 25.6 Å². The summed E-state index contributed by atoms with van der Waals surface area (Å²) in [6.07, 6.45) is 2.98. The third-order valence-corrected chi connectivity index (χ3v) is 3.61. The van der Waals surface area contributed by atoms with E-state index in [2.05, 4.69) is 21.8 Å². The number of aliphatic imine (C=N–C) groups is 1. The number of hydrogen-bond acceptors (Lipinski definition) is 5. The van der Waals surface area contributed by atoms with Gasteiger partial charge in [0.05, 0.1) is 11.3 Å². The monoisotopic (exact) mass is 360 g/mol. The third-order valence-electron chi connectivity index (χ3n) is 3.61. The van der Waals surface area contributed by atoms with E-state index < -0.39 is 28.7 Å². The molecule has 2 rings (SSSR count). The fourth-order valence-corrected chi connectivity index (χ4v) is 2.39. The fourth-order valence-electron chi connectivity index (χ4n) is 2.39. The number of Topliss-reactive ketones (excluding diaryl/α,β-unsaturated/α-hetero) is 1. The van der Waals surface area contributed by atoms with Crippen LogP contribution in [-0.4, -0.2) is 40.3 Å². The molecule has 0 unspecified atom stereocenters. The zero-order chi connectivity index (χ0) is 19.4. The van der Waals surface area contributed by atoms with Crippen molar-refractivity contribution < 1.29 is 18.8 Å². The van der Waals surface area contributed by atoms with Crippen LogP contribution in [0, 0.1) is 17.6 Å². The number of hydrazone groups is 1. The predicted molar refractivity (Wildman–Crippen MR) is 95.7 cm³/mol. The molecule has 1 N–H and O–H groups in total. The molecule has 0 spiro atoms. The van der Waals surface area contributed by atoms with Gasteiger partial charge in [-0.3, -0.25) is 9.79 Å². The second kappa shape index (κ2) is 7.81. The smallest absolute Gasteiger partial charge is 0.220 e. The van der Waals surface area contributed by atoms with E-state index in [1.165, 1.54) is 11.1 Å². The second-order valence-electron chi connectivity index (χ2n) is 5.76. The van der Waals surface area contributed by atoms with Crippen molar-refractivity contribution in [2.45, 2.75) is 13.8 Å². The van der Waals surface area contributed by atoms with Gasteiger partial charge in [0.2, 0.25) is 5.78 Å². The third kappa shape index (κ3) is 3.74. The van der Waals surface area contributed by atoms with Crippen LogP contribution in [0.25, 0.3) is 0 Å². The van der Waals surface area contributed by atoms with E-state index in [1.807, 2.05) is 13.8 Å². The Morgan fingerprint density at radius 1 is 1.31 bits per heavy atom. The molecule has 0 fully saturated rings. The number of amidine groups is 1. The van der Waals surface area contributed by atoms with Gasteiger partial charge in [-0.25, -0.2) is 13.8 Å². The molecule has 0 aliphatic carbocycles. The highest BCUT2D eigenvalue weighted by atomic mass is 19.1. The van der Waals surface area contributed by atoms with Crippen LogP contribution in [0.5, 0.6) is 0 Å². The summed E-state index contributed by atoms with van der Waals surface area (Å²) in [4.78, 5) is 16.7. The van der Waals surface area contributed by atoms with Gasteiger partial charge in [0.1, 0.15) is 23.2 Å². The minimum atomic E-state index is -1.06. The Labute approximate surface area is 149 Å². The summed E-state index contributed by atoms with van der Waals surface area (Å²) in [6.45, 7) is 7.67.